The standard InChI is InChI=1S/C14H16F2O2/c1-10(2)6-4-5-9-18-12-8-7-11(17-3)13(15)14(12)16/h4-5,7-8H,1,6,9H2,2-3H3/b5-4+. The zero-order valence-electron chi connectivity index (χ0n) is 10.5. The first-order valence-electron chi connectivity index (χ1n) is 5.50. The van der Waals surface area contributed by atoms with Gasteiger partial charge in [-0.15, -0.1) is 0 Å². The van der Waals surface area contributed by atoms with E-state index >= 15 is 0 Å². The molecule has 0 N–H and O–H groups in total. The normalized spacial score (nSPS) is 10.7. The summed E-state index contributed by atoms with van der Waals surface area (Å²) < 4.78 is 36.6. The molecule has 1 aromatic rings. The molecule has 0 bridgehead atoms. The van der Waals surface area contributed by atoms with E-state index in [1.54, 1.807) is 6.08 Å². The SMILES string of the molecule is C=C(C)C/C=C/COc1ccc(OC)c(F)c1F. The van der Waals surface area contributed by atoms with Gasteiger partial charge in [0.25, 0.3) is 0 Å². The topological polar surface area (TPSA) is 18.5 Å². The van der Waals surface area contributed by atoms with Crippen LogP contribution in [0.3, 0.4) is 0 Å². The second-order valence-electron chi connectivity index (χ2n) is 3.84. The summed E-state index contributed by atoms with van der Waals surface area (Å²) in [5.74, 6) is -2.35. The van der Waals surface area contributed by atoms with Crippen molar-refractivity contribution in [1.29, 1.82) is 0 Å². The predicted molar refractivity (Wildman–Crippen MR) is 67.0 cm³/mol. The Morgan fingerprint density at radius 2 is 1.83 bits per heavy atom. The first-order valence-corrected chi connectivity index (χ1v) is 5.50. The fourth-order valence-corrected chi connectivity index (χ4v) is 1.27. The largest absolute Gasteiger partial charge is 0.494 e. The fraction of sp³-hybridized carbons (Fsp3) is 0.286. The van der Waals surface area contributed by atoms with Gasteiger partial charge in [-0.1, -0.05) is 24.3 Å². The molecule has 0 saturated heterocycles. The van der Waals surface area contributed by atoms with Crippen LogP contribution in [-0.4, -0.2) is 13.7 Å². The summed E-state index contributed by atoms with van der Waals surface area (Å²) in [5, 5.41) is 0. The van der Waals surface area contributed by atoms with Crippen LogP contribution >= 0.6 is 0 Å². The van der Waals surface area contributed by atoms with E-state index in [4.69, 9.17) is 4.74 Å². The van der Waals surface area contributed by atoms with Crippen LogP contribution in [0.5, 0.6) is 11.5 Å². The lowest BCUT2D eigenvalue weighted by atomic mass is 10.2. The molecule has 0 heterocycles. The molecule has 18 heavy (non-hydrogen) atoms. The zero-order valence-corrected chi connectivity index (χ0v) is 10.5. The minimum Gasteiger partial charge on any atom is -0.494 e. The van der Waals surface area contributed by atoms with Gasteiger partial charge in [0.05, 0.1) is 7.11 Å². The van der Waals surface area contributed by atoms with Crippen LogP contribution in [0.4, 0.5) is 8.78 Å². The van der Waals surface area contributed by atoms with E-state index in [-0.39, 0.29) is 18.1 Å². The van der Waals surface area contributed by atoms with Gasteiger partial charge in [-0.25, -0.2) is 0 Å². The van der Waals surface area contributed by atoms with Crippen LogP contribution in [0.15, 0.2) is 36.4 Å². The van der Waals surface area contributed by atoms with Gasteiger partial charge in [0.15, 0.2) is 11.5 Å². The zero-order chi connectivity index (χ0) is 13.5. The minimum atomic E-state index is -1.04. The Bertz CT molecular complexity index is 453. The van der Waals surface area contributed by atoms with Crippen molar-refractivity contribution in [2.45, 2.75) is 13.3 Å². The molecule has 2 nitrogen and oxygen atoms in total. The molecule has 0 atom stereocenters. The molecule has 0 aliphatic carbocycles. The molecular weight excluding hydrogens is 238 g/mol. The summed E-state index contributed by atoms with van der Waals surface area (Å²) in [6.07, 6.45) is 4.33. The van der Waals surface area contributed by atoms with Gasteiger partial charge in [-0.3, -0.25) is 0 Å². The lowest BCUT2D eigenvalue weighted by Gasteiger charge is -2.07. The molecule has 0 aromatic heterocycles. The summed E-state index contributed by atoms with van der Waals surface area (Å²) in [6.45, 7) is 5.82. The molecule has 4 heteroatoms. The third-order valence-electron chi connectivity index (χ3n) is 2.20. The van der Waals surface area contributed by atoms with E-state index in [9.17, 15) is 8.78 Å². The molecule has 0 aliphatic rings. The van der Waals surface area contributed by atoms with Crippen LogP contribution in [0.2, 0.25) is 0 Å². The van der Waals surface area contributed by atoms with Crippen LogP contribution in [-0.2, 0) is 0 Å². The number of ether oxygens (including phenoxy) is 2. The van der Waals surface area contributed by atoms with Gasteiger partial charge in [-0.2, -0.15) is 8.78 Å². The Labute approximate surface area is 106 Å². The van der Waals surface area contributed by atoms with Gasteiger partial charge < -0.3 is 9.47 Å². The Balaban J connectivity index is 2.61. The van der Waals surface area contributed by atoms with E-state index in [1.807, 2.05) is 13.0 Å². The molecule has 0 amide bonds. The number of rotatable bonds is 6. The van der Waals surface area contributed by atoms with Crippen molar-refractivity contribution in [1.82, 2.24) is 0 Å². The van der Waals surface area contributed by atoms with Crippen molar-refractivity contribution in [3.05, 3.63) is 48.1 Å². The molecule has 0 unspecified atom stereocenters. The lowest BCUT2D eigenvalue weighted by molar-refractivity contribution is 0.320. The van der Waals surface area contributed by atoms with Gasteiger partial charge in [-0.05, 0) is 25.5 Å². The maximum absolute atomic E-state index is 13.5. The number of methoxy groups -OCH3 is 1. The summed E-state index contributed by atoms with van der Waals surface area (Å²) in [6, 6.07) is 2.66. The quantitative estimate of drug-likeness (QED) is 0.717. The predicted octanol–water partition coefficient (Wildman–Crippen LogP) is 3.87. The highest BCUT2D eigenvalue weighted by atomic mass is 19.2. The summed E-state index contributed by atoms with van der Waals surface area (Å²) in [5.41, 5.74) is 1.02. The minimum absolute atomic E-state index is 0.131. The van der Waals surface area contributed by atoms with E-state index in [1.165, 1.54) is 19.2 Å². The number of hydrogen-bond acceptors (Lipinski definition) is 2. The number of hydrogen-bond donors (Lipinski definition) is 0. The van der Waals surface area contributed by atoms with Crippen LogP contribution in [0.25, 0.3) is 0 Å². The van der Waals surface area contributed by atoms with E-state index < -0.39 is 11.6 Å². The van der Waals surface area contributed by atoms with Crippen molar-refractivity contribution in [3.63, 3.8) is 0 Å². The highest BCUT2D eigenvalue weighted by molar-refractivity contribution is 5.35. The van der Waals surface area contributed by atoms with E-state index in [0.29, 0.717) is 0 Å². The number of benzene rings is 1. The fourth-order valence-electron chi connectivity index (χ4n) is 1.27. The summed E-state index contributed by atoms with van der Waals surface area (Å²) in [4.78, 5) is 0. The van der Waals surface area contributed by atoms with Gasteiger partial charge in [0.2, 0.25) is 11.6 Å². The first kappa shape index (κ1) is 14.2. The van der Waals surface area contributed by atoms with Gasteiger partial charge in [0, 0.05) is 0 Å². The molecule has 1 rings (SSSR count). The molecule has 0 spiro atoms. The molecular formula is C14H16F2O2. The third kappa shape index (κ3) is 3.87. The van der Waals surface area contributed by atoms with Crippen molar-refractivity contribution < 1.29 is 18.3 Å². The average Bonchev–Trinajstić information content (AvgIpc) is 2.33. The molecule has 98 valence electrons. The molecule has 1 aromatic carbocycles. The van der Waals surface area contributed by atoms with E-state index in [0.717, 1.165) is 12.0 Å². The average molecular weight is 254 g/mol. The maximum atomic E-state index is 13.5. The van der Waals surface area contributed by atoms with Crippen LogP contribution in [0, 0.1) is 11.6 Å². The number of halogens is 2. The monoisotopic (exact) mass is 254 g/mol. The van der Waals surface area contributed by atoms with Gasteiger partial charge >= 0.3 is 0 Å². The van der Waals surface area contributed by atoms with E-state index in [2.05, 4.69) is 11.3 Å². The van der Waals surface area contributed by atoms with Crippen LogP contribution < -0.4 is 9.47 Å². The summed E-state index contributed by atoms with van der Waals surface area (Å²) >= 11 is 0. The molecule has 0 radical (unpaired) electrons. The third-order valence-corrected chi connectivity index (χ3v) is 2.20. The highest BCUT2D eigenvalue weighted by Crippen LogP contribution is 2.27. The Kier molecular flexibility index (Phi) is 5.36. The summed E-state index contributed by atoms with van der Waals surface area (Å²) in [7, 11) is 1.28. The molecule has 0 fully saturated rings. The molecule has 0 saturated carbocycles. The van der Waals surface area contributed by atoms with Crippen molar-refractivity contribution in [2.75, 3.05) is 13.7 Å². The van der Waals surface area contributed by atoms with Gasteiger partial charge in [0.1, 0.15) is 6.61 Å². The Morgan fingerprint density at radius 1 is 1.22 bits per heavy atom. The Hall–Kier alpha value is -1.84. The highest BCUT2D eigenvalue weighted by Gasteiger charge is 2.14. The lowest BCUT2D eigenvalue weighted by Crippen LogP contribution is -1.99. The van der Waals surface area contributed by atoms with Crippen molar-refractivity contribution in [3.8, 4) is 11.5 Å². The molecule has 0 aliphatic heterocycles. The first-order chi connectivity index (χ1) is 8.56. The number of allylic oxidation sites excluding steroid dienone is 2. The van der Waals surface area contributed by atoms with Crippen LogP contribution in [0.1, 0.15) is 13.3 Å². The Morgan fingerprint density at radius 3 is 2.44 bits per heavy atom. The maximum Gasteiger partial charge on any atom is 0.204 e. The second kappa shape index (κ2) is 6.79. The smallest absolute Gasteiger partial charge is 0.204 e. The van der Waals surface area contributed by atoms with Crippen molar-refractivity contribution in [2.24, 2.45) is 0 Å². The second-order valence-corrected chi connectivity index (χ2v) is 3.84. The van der Waals surface area contributed by atoms with Crippen molar-refractivity contribution >= 4 is 0 Å².